The van der Waals surface area contributed by atoms with Crippen LogP contribution < -0.4 is 0 Å². The van der Waals surface area contributed by atoms with Gasteiger partial charge < -0.3 is 9.51 Å². The molecule has 0 bridgehead atoms. The summed E-state index contributed by atoms with van der Waals surface area (Å²) in [5.41, 5.74) is 1.07. The van der Waals surface area contributed by atoms with Gasteiger partial charge in [0.1, 0.15) is 11.5 Å². The first-order chi connectivity index (χ1) is 8.70. The minimum atomic E-state index is -0.999. The summed E-state index contributed by atoms with van der Waals surface area (Å²) in [4.78, 5) is 26.3. The van der Waals surface area contributed by atoms with Crippen LogP contribution in [0, 0.1) is 0 Å². The summed E-state index contributed by atoms with van der Waals surface area (Å²) in [7, 11) is 0. The summed E-state index contributed by atoms with van der Waals surface area (Å²) in [5.74, 6) is 0.262. The first-order valence-corrected chi connectivity index (χ1v) is 5.91. The molecule has 0 amide bonds. The van der Waals surface area contributed by atoms with Gasteiger partial charge in [0.25, 0.3) is 0 Å². The van der Waals surface area contributed by atoms with Gasteiger partial charge >= 0.3 is 5.97 Å². The average Bonchev–Trinajstić information content (AvgIpc) is 2.65. The molecule has 3 rings (SSSR count). The third kappa shape index (κ3) is 1.51. The van der Waals surface area contributed by atoms with E-state index in [1.807, 2.05) is 4.40 Å². The molecule has 92 valence electrons. The van der Waals surface area contributed by atoms with Crippen molar-refractivity contribution in [3.05, 3.63) is 35.4 Å². The maximum Gasteiger partial charge on any atom is 0.335 e. The Bertz CT molecular complexity index is 641. The molecule has 0 spiro atoms. The number of carboxylic acids is 1. The summed E-state index contributed by atoms with van der Waals surface area (Å²) in [6, 6.07) is 3.04. The van der Waals surface area contributed by atoms with E-state index in [0.717, 1.165) is 18.7 Å². The van der Waals surface area contributed by atoms with Crippen molar-refractivity contribution in [3.63, 3.8) is 0 Å². The number of rotatable bonds is 3. The third-order valence-electron chi connectivity index (χ3n) is 3.53. The van der Waals surface area contributed by atoms with Crippen LogP contribution in [0.5, 0.6) is 0 Å². The van der Waals surface area contributed by atoms with E-state index in [1.54, 1.807) is 6.20 Å². The number of carbonyl (C=O) groups excluding carboxylic acids is 1. The largest absolute Gasteiger partial charge is 0.478 e. The monoisotopic (exact) mass is 244 g/mol. The van der Waals surface area contributed by atoms with E-state index in [9.17, 15) is 9.59 Å². The van der Waals surface area contributed by atoms with E-state index in [1.165, 1.54) is 18.6 Å². The molecular formula is C13H12N2O3. The molecule has 1 aliphatic carbocycles. The SMILES string of the molecule is O=Cc1nc(C2CCC2)n2ccc(C(=O)O)cc12. The number of carbonyl (C=O) groups is 2. The van der Waals surface area contributed by atoms with Gasteiger partial charge in [-0.15, -0.1) is 0 Å². The van der Waals surface area contributed by atoms with Gasteiger partial charge in [-0.3, -0.25) is 4.79 Å². The molecular weight excluding hydrogens is 232 g/mol. The van der Waals surface area contributed by atoms with Crippen LogP contribution in [0.1, 0.15) is 51.9 Å². The molecule has 2 aromatic rings. The summed E-state index contributed by atoms with van der Waals surface area (Å²) in [5, 5.41) is 8.96. The lowest BCUT2D eigenvalue weighted by atomic mass is 9.85. The normalized spacial score (nSPS) is 15.6. The Hall–Kier alpha value is -2.17. The number of carboxylic acid groups (broad SMARTS) is 1. The van der Waals surface area contributed by atoms with E-state index < -0.39 is 5.97 Å². The number of fused-ring (bicyclic) bond motifs is 1. The third-order valence-corrected chi connectivity index (χ3v) is 3.53. The van der Waals surface area contributed by atoms with Crippen molar-refractivity contribution >= 4 is 17.8 Å². The van der Waals surface area contributed by atoms with E-state index >= 15 is 0 Å². The maximum atomic E-state index is 11.0. The molecule has 1 aliphatic rings. The molecule has 5 nitrogen and oxygen atoms in total. The summed E-state index contributed by atoms with van der Waals surface area (Å²) >= 11 is 0. The Morgan fingerprint density at radius 1 is 1.50 bits per heavy atom. The summed E-state index contributed by atoms with van der Waals surface area (Å²) in [6.07, 6.45) is 5.72. The van der Waals surface area contributed by atoms with Gasteiger partial charge in [0.2, 0.25) is 0 Å². The number of pyridine rings is 1. The Kier molecular flexibility index (Phi) is 2.40. The Morgan fingerprint density at radius 3 is 2.83 bits per heavy atom. The second kappa shape index (κ2) is 3.94. The molecule has 2 aromatic heterocycles. The number of hydrogen-bond donors (Lipinski definition) is 1. The van der Waals surface area contributed by atoms with Gasteiger partial charge in [-0.2, -0.15) is 0 Å². The van der Waals surface area contributed by atoms with Crippen LogP contribution in [-0.2, 0) is 0 Å². The van der Waals surface area contributed by atoms with E-state index in [0.29, 0.717) is 23.4 Å². The Labute approximate surface area is 103 Å². The molecule has 0 aromatic carbocycles. The Morgan fingerprint density at radius 2 is 2.28 bits per heavy atom. The van der Waals surface area contributed by atoms with Crippen LogP contribution in [0.25, 0.3) is 5.52 Å². The van der Waals surface area contributed by atoms with Crippen molar-refractivity contribution < 1.29 is 14.7 Å². The van der Waals surface area contributed by atoms with Crippen LogP contribution in [0.4, 0.5) is 0 Å². The smallest absolute Gasteiger partial charge is 0.335 e. The predicted molar refractivity (Wildman–Crippen MR) is 64.1 cm³/mol. The zero-order valence-corrected chi connectivity index (χ0v) is 9.67. The molecule has 1 fully saturated rings. The van der Waals surface area contributed by atoms with Gasteiger partial charge in [0, 0.05) is 12.1 Å². The molecule has 0 atom stereocenters. The van der Waals surface area contributed by atoms with Crippen LogP contribution in [0.15, 0.2) is 18.3 Å². The second-order valence-corrected chi connectivity index (χ2v) is 4.58. The number of aldehydes is 1. The van der Waals surface area contributed by atoms with Gasteiger partial charge in [0.15, 0.2) is 6.29 Å². The second-order valence-electron chi connectivity index (χ2n) is 4.58. The fourth-order valence-corrected chi connectivity index (χ4v) is 2.31. The lowest BCUT2D eigenvalue weighted by Gasteiger charge is -2.23. The first kappa shape index (κ1) is 11.0. The van der Waals surface area contributed by atoms with Crippen molar-refractivity contribution in [3.8, 4) is 0 Å². The molecule has 1 saturated carbocycles. The molecule has 0 saturated heterocycles. The molecule has 0 radical (unpaired) electrons. The molecule has 18 heavy (non-hydrogen) atoms. The quantitative estimate of drug-likeness (QED) is 0.839. The van der Waals surface area contributed by atoms with Crippen molar-refractivity contribution in [2.45, 2.75) is 25.2 Å². The number of nitrogens with zero attached hydrogens (tertiary/aromatic N) is 2. The van der Waals surface area contributed by atoms with Crippen LogP contribution in [-0.4, -0.2) is 26.7 Å². The van der Waals surface area contributed by atoms with Gasteiger partial charge in [-0.25, -0.2) is 9.78 Å². The molecule has 1 N–H and O–H groups in total. The summed E-state index contributed by atoms with van der Waals surface area (Å²) < 4.78 is 1.83. The van der Waals surface area contributed by atoms with E-state index in [-0.39, 0.29) is 5.56 Å². The molecule has 2 heterocycles. The average molecular weight is 244 g/mol. The fourth-order valence-electron chi connectivity index (χ4n) is 2.31. The van der Waals surface area contributed by atoms with Crippen LogP contribution in [0.2, 0.25) is 0 Å². The number of aromatic carboxylic acids is 1. The highest BCUT2D eigenvalue weighted by Crippen LogP contribution is 2.36. The van der Waals surface area contributed by atoms with Gasteiger partial charge in [-0.1, -0.05) is 6.42 Å². The molecule has 0 aliphatic heterocycles. The standard InChI is InChI=1S/C13H12N2O3/c16-7-10-11-6-9(13(17)18)4-5-15(11)12(14-10)8-2-1-3-8/h4-8H,1-3H2,(H,17,18). The zero-order valence-electron chi connectivity index (χ0n) is 9.67. The molecule has 5 heteroatoms. The predicted octanol–water partition coefficient (Wildman–Crippen LogP) is 2.11. The van der Waals surface area contributed by atoms with Crippen molar-refractivity contribution in [1.82, 2.24) is 9.38 Å². The lowest BCUT2D eigenvalue weighted by Crippen LogP contribution is -2.12. The number of hydrogen-bond acceptors (Lipinski definition) is 3. The van der Waals surface area contributed by atoms with Gasteiger partial charge in [-0.05, 0) is 25.0 Å². The fraction of sp³-hybridized carbons (Fsp3) is 0.308. The highest BCUT2D eigenvalue weighted by atomic mass is 16.4. The minimum Gasteiger partial charge on any atom is -0.478 e. The lowest BCUT2D eigenvalue weighted by molar-refractivity contribution is 0.0696. The summed E-state index contributed by atoms with van der Waals surface area (Å²) in [6.45, 7) is 0. The van der Waals surface area contributed by atoms with Crippen LogP contribution >= 0.6 is 0 Å². The first-order valence-electron chi connectivity index (χ1n) is 5.91. The minimum absolute atomic E-state index is 0.172. The Balaban J connectivity index is 2.21. The topological polar surface area (TPSA) is 71.7 Å². The number of aromatic nitrogens is 2. The maximum absolute atomic E-state index is 11.0. The van der Waals surface area contributed by atoms with Crippen molar-refractivity contribution in [1.29, 1.82) is 0 Å². The number of imidazole rings is 1. The van der Waals surface area contributed by atoms with Crippen molar-refractivity contribution in [2.24, 2.45) is 0 Å². The van der Waals surface area contributed by atoms with E-state index in [2.05, 4.69) is 4.98 Å². The van der Waals surface area contributed by atoms with Gasteiger partial charge in [0.05, 0.1) is 11.1 Å². The van der Waals surface area contributed by atoms with Crippen LogP contribution in [0.3, 0.4) is 0 Å². The molecule has 0 unspecified atom stereocenters. The highest BCUT2D eigenvalue weighted by molar-refractivity contribution is 5.92. The zero-order chi connectivity index (χ0) is 12.7. The highest BCUT2D eigenvalue weighted by Gasteiger charge is 2.25. The van der Waals surface area contributed by atoms with E-state index in [4.69, 9.17) is 5.11 Å². The van der Waals surface area contributed by atoms with Crippen molar-refractivity contribution in [2.75, 3.05) is 0 Å².